The average molecular weight is 292 g/mol. The number of benzene rings is 1. The van der Waals surface area contributed by atoms with Crippen LogP contribution in [0.5, 0.6) is 5.75 Å². The number of hydrogen-bond acceptors (Lipinski definition) is 3. The predicted molar refractivity (Wildman–Crippen MR) is 79.1 cm³/mol. The number of halogens is 1. The van der Waals surface area contributed by atoms with E-state index in [1.165, 1.54) is 0 Å². The fraction of sp³-hybridized carbons (Fsp3) is 0.400. The Morgan fingerprint density at radius 2 is 2.30 bits per heavy atom. The number of aryl methyl sites for hydroxylation is 1. The van der Waals surface area contributed by atoms with E-state index in [1.54, 1.807) is 6.20 Å². The molecular formula is C15H18ClN3O. The van der Waals surface area contributed by atoms with Crippen LogP contribution in [0.25, 0.3) is 0 Å². The Balaban J connectivity index is 1.99. The average Bonchev–Trinajstić information content (AvgIpc) is 2.87. The van der Waals surface area contributed by atoms with Gasteiger partial charge in [-0.05, 0) is 25.0 Å². The van der Waals surface area contributed by atoms with Crippen molar-refractivity contribution in [1.29, 1.82) is 0 Å². The lowest BCUT2D eigenvalue weighted by Gasteiger charge is -2.30. The number of nitrogens with two attached hydrogens (primary N) is 1. The molecule has 0 bridgehead atoms. The van der Waals surface area contributed by atoms with Crippen LogP contribution in [-0.2, 0) is 6.54 Å². The summed E-state index contributed by atoms with van der Waals surface area (Å²) in [6.07, 6.45) is 2.56. The van der Waals surface area contributed by atoms with E-state index in [1.807, 2.05) is 29.8 Å². The molecule has 1 aromatic heterocycles. The van der Waals surface area contributed by atoms with Crippen molar-refractivity contribution in [2.24, 2.45) is 5.73 Å². The summed E-state index contributed by atoms with van der Waals surface area (Å²) in [5.41, 5.74) is 8.58. The minimum Gasteiger partial charge on any atom is -0.493 e. The zero-order valence-corrected chi connectivity index (χ0v) is 12.2. The fourth-order valence-corrected chi connectivity index (χ4v) is 3.16. The van der Waals surface area contributed by atoms with Gasteiger partial charge >= 0.3 is 0 Å². The van der Waals surface area contributed by atoms with E-state index in [2.05, 4.69) is 11.2 Å². The van der Waals surface area contributed by atoms with E-state index < -0.39 is 0 Å². The summed E-state index contributed by atoms with van der Waals surface area (Å²) in [6, 6.07) is 7.91. The van der Waals surface area contributed by atoms with Gasteiger partial charge in [-0.3, -0.25) is 4.68 Å². The maximum absolute atomic E-state index is 6.51. The molecule has 1 aliphatic rings. The number of fused-ring (bicyclic) bond motifs is 1. The zero-order chi connectivity index (χ0) is 14.1. The molecule has 106 valence electrons. The second-order valence-corrected chi connectivity index (χ2v) is 5.41. The first-order valence-electron chi connectivity index (χ1n) is 6.91. The van der Waals surface area contributed by atoms with Crippen LogP contribution in [-0.4, -0.2) is 16.4 Å². The summed E-state index contributed by atoms with van der Waals surface area (Å²) in [6.45, 7) is 3.49. The van der Waals surface area contributed by atoms with Crippen LogP contribution in [0.3, 0.4) is 0 Å². The normalized spacial score (nSPS) is 19.2. The summed E-state index contributed by atoms with van der Waals surface area (Å²) in [4.78, 5) is 0. The van der Waals surface area contributed by atoms with Crippen molar-refractivity contribution in [1.82, 2.24) is 9.78 Å². The van der Waals surface area contributed by atoms with E-state index in [9.17, 15) is 0 Å². The van der Waals surface area contributed by atoms with Crippen molar-refractivity contribution in [3.8, 4) is 5.75 Å². The standard InChI is InChI=1S/C15H18ClN3O/c1-2-19-15(12(16)9-18-19)14(17)11-7-8-20-13-6-4-3-5-10(11)13/h3-6,9,11,14H,2,7-8,17H2,1H3. The van der Waals surface area contributed by atoms with E-state index >= 15 is 0 Å². The van der Waals surface area contributed by atoms with E-state index in [-0.39, 0.29) is 12.0 Å². The Kier molecular flexibility index (Phi) is 3.68. The molecule has 20 heavy (non-hydrogen) atoms. The van der Waals surface area contributed by atoms with Gasteiger partial charge in [0.2, 0.25) is 0 Å². The second-order valence-electron chi connectivity index (χ2n) is 5.00. The highest BCUT2D eigenvalue weighted by Crippen LogP contribution is 2.41. The third-order valence-electron chi connectivity index (χ3n) is 3.89. The number of nitrogens with zero attached hydrogens (tertiary/aromatic N) is 2. The topological polar surface area (TPSA) is 53.1 Å². The highest BCUT2D eigenvalue weighted by Gasteiger charge is 2.30. The largest absolute Gasteiger partial charge is 0.493 e. The Morgan fingerprint density at radius 3 is 3.10 bits per heavy atom. The lowest BCUT2D eigenvalue weighted by molar-refractivity contribution is 0.253. The Bertz CT molecular complexity index is 611. The minimum atomic E-state index is -0.171. The first kappa shape index (κ1) is 13.5. The van der Waals surface area contributed by atoms with Crippen molar-refractivity contribution in [3.63, 3.8) is 0 Å². The van der Waals surface area contributed by atoms with Gasteiger partial charge in [0.15, 0.2) is 0 Å². The molecular weight excluding hydrogens is 274 g/mol. The molecule has 1 aromatic carbocycles. The molecule has 3 rings (SSSR count). The number of rotatable bonds is 3. The van der Waals surface area contributed by atoms with Crippen LogP contribution in [0.15, 0.2) is 30.5 Å². The Morgan fingerprint density at radius 1 is 1.50 bits per heavy atom. The maximum Gasteiger partial charge on any atom is 0.122 e. The van der Waals surface area contributed by atoms with Crippen molar-refractivity contribution in [2.75, 3.05) is 6.61 Å². The first-order valence-corrected chi connectivity index (χ1v) is 7.28. The van der Waals surface area contributed by atoms with Gasteiger partial charge in [0, 0.05) is 12.5 Å². The molecule has 0 saturated heterocycles. The van der Waals surface area contributed by atoms with E-state index in [0.29, 0.717) is 11.6 Å². The number of ether oxygens (including phenoxy) is 1. The summed E-state index contributed by atoms with van der Waals surface area (Å²) < 4.78 is 7.58. The van der Waals surface area contributed by atoms with Gasteiger partial charge in [-0.2, -0.15) is 5.10 Å². The van der Waals surface area contributed by atoms with Crippen molar-refractivity contribution in [2.45, 2.75) is 31.8 Å². The molecule has 0 fully saturated rings. The van der Waals surface area contributed by atoms with Gasteiger partial charge < -0.3 is 10.5 Å². The smallest absolute Gasteiger partial charge is 0.122 e. The molecule has 1 aliphatic heterocycles. The van der Waals surface area contributed by atoms with Gasteiger partial charge in [-0.1, -0.05) is 29.8 Å². The number of hydrogen-bond donors (Lipinski definition) is 1. The molecule has 2 unspecified atom stereocenters. The molecule has 0 spiro atoms. The van der Waals surface area contributed by atoms with Crippen LogP contribution in [0.2, 0.25) is 5.02 Å². The van der Waals surface area contributed by atoms with Crippen LogP contribution in [0.1, 0.15) is 36.6 Å². The van der Waals surface area contributed by atoms with E-state index in [0.717, 1.165) is 30.0 Å². The minimum absolute atomic E-state index is 0.171. The molecule has 2 heterocycles. The molecule has 4 nitrogen and oxygen atoms in total. The molecule has 0 aliphatic carbocycles. The van der Waals surface area contributed by atoms with Crippen LogP contribution in [0.4, 0.5) is 0 Å². The van der Waals surface area contributed by atoms with E-state index in [4.69, 9.17) is 22.1 Å². The number of aromatic nitrogens is 2. The van der Waals surface area contributed by atoms with Gasteiger partial charge in [-0.25, -0.2) is 0 Å². The SMILES string of the molecule is CCn1ncc(Cl)c1C(N)C1CCOc2ccccc21. The maximum atomic E-state index is 6.51. The van der Waals surface area contributed by atoms with Gasteiger partial charge in [0.25, 0.3) is 0 Å². The first-order chi connectivity index (χ1) is 9.72. The van der Waals surface area contributed by atoms with Crippen LogP contribution in [0, 0.1) is 0 Å². The summed E-state index contributed by atoms with van der Waals surface area (Å²) in [5, 5.41) is 4.92. The zero-order valence-electron chi connectivity index (χ0n) is 11.4. The van der Waals surface area contributed by atoms with Gasteiger partial charge in [-0.15, -0.1) is 0 Å². The predicted octanol–water partition coefficient (Wildman–Crippen LogP) is 3.12. The summed E-state index contributed by atoms with van der Waals surface area (Å²) >= 11 is 6.27. The van der Waals surface area contributed by atoms with Crippen molar-refractivity contribution in [3.05, 3.63) is 46.7 Å². The molecule has 2 atom stereocenters. The molecule has 0 amide bonds. The van der Waals surface area contributed by atoms with Crippen LogP contribution >= 0.6 is 11.6 Å². The van der Waals surface area contributed by atoms with Crippen LogP contribution < -0.4 is 10.5 Å². The molecule has 0 radical (unpaired) electrons. The van der Waals surface area contributed by atoms with Gasteiger partial charge in [0.1, 0.15) is 5.75 Å². The highest BCUT2D eigenvalue weighted by atomic mass is 35.5. The van der Waals surface area contributed by atoms with Crippen molar-refractivity contribution >= 4 is 11.6 Å². The second kappa shape index (κ2) is 5.46. The lowest BCUT2D eigenvalue weighted by Crippen LogP contribution is -2.27. The monoisotopic (exact) mass is 291 g/mol. The molecule has 5 heteroatoms. The van der Waals surface area contributed by atoms with Gasteiger partial charge in [0.05, 0.1) is 29.6 Å². The molecule has 0 saturated carbocycles. The Labute approximate surface area is 123 Å². The third kappa shape index (κ3) is 2.19. The fourth-order valence-electron chi connectivity index (χ4n) is 2.89. The third-order valence-corrected chi connectivity index (χ3v) is 4.18. The quantitative estimate of drug-likeness (QED) is 0.945. The summed E-state index contributed by atoms with van der Waals surface area (Å²) in [7, 11) is 0. The summed E-state index contributed by atoms with van der Waals surface area (Å²) in [5.74, 6) is 1.14. The molecule has 2 aromatic rings. The Hall–Kier alpha value is -1.52. The number of para-hydroxylation sites is 1. The van der Waals surface area contributed by atoms with Crippen molar-refractivity contribution < 1.29 is 4.74 Å². The highest BCUT2D eigenvalue weighted by molar-refractivity contribution is 6.31. The molecule has 2 N–H and O–H groups in total. The lowest BCUT2D eigenvalue weighted by atomic mass is 9.85.